The van der Waals surface area contributed by atoms with Crippen molar-refractivity contribution in [1.29, 1.82) is 0 Å². The Kier molecular flexibility index (Phi) is 4.45. The number of rotatable bonds is 4. The molecule has 3 aromatic rings. The highest BCUT2D eigenvalue weighted by molar-refractivity contribution is 9.10. The molecule has 0 aliphatic heterocycles. The number of fused-ring (bicyclic) bond motifs is 1. The van der Waals surface area contributed by atoms with Crippen LogP contribution < -0.4 is 11.1 Å². The molecule has 0 saturated carbocycles. The summed E-state index contributed by atoms with van der Waals surface area (Å²) in [6.07, 6.45) is 0. The lowest BCUT2D eigenvalue weighted by molar-refractivity contribution is 0.357. The van der Waals surface area contributed by atoms with Crippen molar-refractivity contribution in [1.82, 2.24) is 14.9 Å². The van der Waals surface area contributed by atoms with Crippen LogP contribution in [0.25, 0.3) is 11.0 Å². The van der Waals surface area contributed by atoms with Crippen molar-refractivity contribution in [3.05, 3.63) is 85.8 Å². The molecule has 5 nitrogen and oxygen atoms in total. The summed E-state index contributed by atoms with van der Waals surface area (Å²) in [5.74, 6) is 0. The van der Waals surface area contributed by atoms with E-state index in [4.69, 9.17) is 0 Å². The molecule has 0 aliphatic carbocycles. The van der Waals surface area contributed by atoms with E-state index in [0.717, 1.165) is 15.6 Å². The van der Waals surface area contributed by atoms with Crippen LogP contribution in [0.3, 0.4) is 0 Å². The SMILES string of the molecule is [CH2]N(Cc1ccccc1)Cc1cc(Br)cc2[nH]c(=O)c(=O)[nH]c12. The van der Waals surface area contributed by atoms with Crippen LogP contribution in [-0.4, -0.2) is 14.9 Å². The Morgan fingerprint density at radius 3 is 2.43 bits per heavy atom. The van der Waals surface area contributed by atoms with Gasteiger partial charge in [-0.3, -0.25) is 14.5 Å². The number of benzene rings is 2. The van der Waals surface area contributed by atoms with E-state index < -0.39 is 11.1 Å². The average Bonchev–Trinajstić information content (AvgIpc) is 2.50. The van der Waals surface area contributed by atoms with E-state index >= 15 is 0 Å². The van der Waals surface area contributed by atoms with Gasteiger partial charge in [0.05, 0.1) is 11.0 Å². The largest absolute Gasteiger partial charge is 0.316 e. The Morgan fingerprint density at radius 2 is 1.70 bits per heavy atom. The first-order chi connectivity index (χ1) is 11.0. The van der Waals surface area contributed by atoms with Gasteiger partial charge in [0.25, 0.3) is 0 Å². The van der Waals surface area contributed by atoms with Crippen molar-refractivity contribution < 1.29 is 0 Å². The molecular formula is C17H15BrN3O2. The molecule has 0 bridgehead atoms. The smallest absolute Gasteiger partial charge is 0.314 e. The van der Waals surface area contributed by atoms with E-state index in [9.17, 15) is 9.59 Å². The summed E-state index contributed by atoms with van der Waals surface area (Å²) in [4.78, 5) is 30.2. The second kappa shape index (κ2) is 6.52. The quantitative estimate of drug-likeness (QED) is 0.691. The Balaban J connectivity index is 1.94. The average molecular weight is 373 g/mol. The summed E-state index contributed by atoms with van der Waals surface area (Å²) in [6.45, 7) is 1.22. The molecule has 1 aromatic heterocycles. The van der Waals surface area contributed by atoms with Gasteiger partial charge in [0.15, 0.2) is 0 Å². The Hall–Kier alpha value is -2.18. The summed E-state index contributed by atoms with van der Waals surface area (Å²) in [7, 11) is 4.06. The Labute approximate surface area is 141 Å². The van der Waals surface area contributed by atoms with Gasteiger partial charge in [-0.2, -0.15) is 0 Å². The number of halogens is 1. The summed E-state index contributed by atoms with van der Waals surface area (Å²) >= 11 is 3.43. The molecule has 3 rings (SSSR count). The van der Waals surface area contributed by atoms with Gasteiger partial charge in [0.1, 0.15) is 0 Å². The first kappa shape index (κ1) is 15.7. The second-order valence-corrected chi connectivity index (χ2v) is 6.28. The predicted molar refractivity (Wildman–Crippen MR) is 93.9 cm³/mol. The molecule has 0 amide bonds. The van der Waals surface area contributed by atoms with Crippen LogP contribution >= 0.6 is 15.9 Å². The number of nitrogens with zero attached hydrogens (tertiary/aromatic N) is 1. The molecule has 23 heavy (non-hydrogen) atoms. The highest BCUT2D eigenvalue weighted by Gasteiger charge is 2.09. The van der Waals surface area contributed by atoms with E-state index in [-0.39, 0.29) is 0 Å². The zero-order valence-corrected chi connectivity index (χ0v) is 13.9. The minimum absolute atomic E-state index is 0.535. The lowest BCUT2D eigenvalue weighted by atomic mass is 10.1. The number of H-pyrrole nitrogens is 2. The molecule has 0 atom stereocenters. The van der Waals surface area contributed by atoms with Crippen LogP contribution in [0.5, 0.6) is 0 Å². The second-order valence-electron chi connectivity index (χ2n) is 5.37. The van der Waals surface area contributed by atoms with Crippen molar-refractivity contribution in [2.24, 2.45) is 0 Å². The third-order valence-corrected chi connectivity index (χ3v) is 3.98. The van der Waals surface area contributed by atoms with Crippen molar-refractivity contribution >= 4 is 27.0 Å². The Morgan fingerprint density at radius 1 is 1.00 bits per heavy atom. The van der Waals surface area contributed by atoms with Crippen LogP contribution in [0.4, 0.5) is 0 Å². The molecule has 1 radical (unpaired) electrons. The normalized spacial score (nSPS) is 11.3. The third kappa shape index (κ3) is 3.60. The maximum Gasteiger partial charge on any atom is 0.314 e. The number of hydrogen-bond donors (Lipinski definition) is 2. The molecule has 2 aromatic carbocycles. The molecule has 6 heteroatoms. The summed E-state index contributed by atoms with van der Waals surface area (Å²) in [6, 6.07) is 13.7. The maximum absolute atomic E-state index is 11.6. The van der Waals surface area contributed by atoms with Crippen molar-refractivity contribution in [3.8, 4) is 0 Å². The molecule has 2 N–H and O–H groups in total. The number of aromatic amines is 2. The molecule has 0 aliphatic rings. The highest BCUT2D eigenvalue weighted by atomic mass is 79.9. The first-order valence-corrected chi connectivity index (χ1v) is 7.86. The number of hydrogen-bond acceptors (Lipinski definition) is 3. The molecule has 0 spiro atoms. The van der Waals surface area contributed by atoms with Gasteiger partial charge < -0.3 is 9.97 Å². The molecule has 0 saturated heterocycles. The molecule has 0 unspecified atom stereocenters. The topological polar surface area (TPSA) is 69.0 Å². The minimum atomic E-state index is -0.655. The van der Waals surface area contributed by atoms with Crippen LogP contribution in [0.15, 0.2) is 56.5 Å². The summed E-state index contributed by atoms with van der Waals surface area (Å²) in [5.41, 5.74) is 1.95. The predicted octanol–water partition coefficient (Wildman–Crippen LogP) is 2.77. The summed E-state index contributed by atoms with van der Waals surface area (Å²) in [5, 5.41) is 0. The Bertz CT molecular complexity index is 947. The van der Waals surface area contributed by atoms with E-state index in [1.54, 1.807) is 6.07 Å². The van der Waals surface area contributed by atoms with E-state index in [0.29, 0.717) is 24.1 Å². The highest BCUT2D eigenvalue weighted by Crippen LogP contribution is 2.22. The number of nitrogens with one attached hydrogen (secondary N) is 2. The van der Waals surface area contributed by atoms with Gasteiger partial charge in [-0.05, 0) is 23.3 Å². The minimum Gasteiger partial charge on any atom is -0.316 e. The van der Waals surface area contributed by atoms with Gasteiger partial charge in [-0.1, -0.05) is 46.3 Å². The monoisotopic (exact) mass is 372 g/mol. The van der Waals surface area contributed by atoms with E-state index in [1.807, 2.05) is 41.3 Å². The molecule has 0 fully saturated rings. The summed E-state index contributed by atoms with van der Waals surface area (Å²) < 4.78 is 0.829. The first-order valence-electron chi connectivity index (χ1n) is 7.07. The molecular weight excluding hydrogens is 358 g/mol. The lowest BCUT2D eigenvalue weighted by Crippen LogP contribution is -2.29. The van der Waals surface area contributed by atoms with Crippen molar-refractivity contribution in [3.63, 3.8) is 0 Å². The standard InChI is InChI=1S/C17H15BrN3O2/c1-21(9-11-5-3-2-4-6-11)10-12-7-13(18)8-14-15(12)20-17(23)16(22)19-14/h2-8H,1,9-10H2,(H,19,22)(H,20,23). The fraction of sp³-hybridized carbons (Fsp3) is 0.118. The van der Waals surface area contributed by atoms with Crippen LogP contribution in [-0.2, 0) is 13.1 Å². The van der Waals surface area contributed by atoms with Gasteiger partial charge >= 0.3 is 11.1 Å². The van der Waals surface area contributed by atoms with Gasteiger partial charge in [0, 0.05) is 24.6 Å². The fourth-order valence-corrected chi connectivity index (χ4v) is 3.03. The van der Waals surface area contributed by atoms with Crippen molar-refractivity contribution in [2.45, 2.75) is 13.1 Å². The zero-order chi connectivity index (χ0) is 16.4. The van der Waals surface area contributed by atoms with Crippen LogP contribution in [0, 0.1) is 7.05 Å². The molecule has 117 valence electrons. The maximum atomic E-state index is 11.6. The van der Waals surface area contributed by atoms with Crippen LogP contribution in [0.1, 0.15) is 11.1 Å². The van der Waals surface area contributed by atoms with E-state index in [2.05, 4.69) is 32.9 Å². The lowest BCUT2D eigenvalue weighted by Gasteiger charge is -2.18. The van der Waals surface area contributed by atoms with Gasteiger partial charge in [-0.15, -0.1) is 0 Å². The zero-order valence-electron chi connectivity index (χ0n) is 12.3. The fourth-order valence-electron chi connectivity index (χ4n) is 2.52. The van der Waals surface area contributed by atoms with Crippen LogP contribution in [0.2, 0.25) is 0 Å². The van der Waals surface area contributed by atoms with Crippen molar-refractivity contribution in [2.75, 3.05) is 0 Å². The number of aromatic nitrogens is 2. The van der Waals surface area contributed by atoms with E-state index in [1.165, 1.54) is 0 Å². The van der Waals surface area contributed by atoms with Gasteiger partial charge in [-0.25, -0.2) is 0 Å². The van der Waals surface area contributed by atoms with Gasteiger partial charge in [0.2, 0.25) is 0 Å². The third-order valence-electron chi connectivity index (χ3n) is 3.52. The molecule has 1 heterocycles.